The van der Waals surface area contributed by atoms with Crippen molar-refractivity contribution in [3.63, 3.8) is 0 Å². The van der Waals surface area contributed by atoms with E-state index in [0.717, 1.165) is 0 Å². The molecule has 5 heteroatoms. The smallest absolute Gasteiger partial charge is 0.141 e. The molecule has 0 saturated heterocycles. The highest BCUT2D eigenvalue weighted by atomic mass is 35.5. The molecule has 0 fully saturated rings. The number of hydrogen-bond donors (Lipinski definition) is 1. The molecule has 0 amide bonds. The fourth-order valence-corrected chi connectivity index (χ4v) is 2.71. The van der Waals surface area contributed by atoms with Crippen LogP contribution in [0.2, 0.25) is 5.02 Å². The number of nitrogen functional groups attached to an aromatic ring is 1. The van der Waals surface area contributed by atoms with E-state index in [0.29, 0.717) is 38.9 Å². The van der Waals surface area contributed by atoms with E-state index in [1.807, 2.05) is 0 Å². The Hall–Kier alpha value is -2.72. The SMILES string of the molecule is COc1ccc(COc2ccc(N)cc2)c(F)c1-c1cccc(Cl)c1. The van der Waals surface area contributed by atoms with Crippen molar-refractivity contribution in [2.24, 2.45) is 0 Å². The minimum Gasteiger partial charge on any atom is -0.496 e. The molecule has 0 aliphatic rings. The molecule has 25 heavy (non-hydrogen) atoms. The van der Waals surface area contributed by atoms with Crippen molar-refractivity contribution in [1.29, 1.82) is 0 Å². The van der Waals surface area contributed by atoms with E-state index in [1.165, 1.54) is 7.11 Å². The first-order chi connectivity index (χ1) is 12.1. The van der Waals surface area contributed by atoms with E-state index in [-0.39, 0.29) is 6.61 Å². The molecular formula is C20H17ClFNO2. The molecule has 0 aromatic heterocycles. The predicted molar refractivity (Wildman–Crippen MR) is 98.6 cm³/mol. The lowest BCUT2D eigenvalue weighted by Gasteiger charge is -2.14. The molecule has 0 heterocycles. The first-order valence-electron chi connectivity index (χ1n) is 7.68. The number of anilines is 1. The van der Waals surface area contributed by atoms with Crippen molar-refractivity contribution < 1.29 is 13.9 Å². The van der Waals surface area contributed by atoms with Gasteiger partial charge in [-0.05, 0) is 54.1 Å². The quantitative estimate of drug-likeness (QED) is 0.629. The van der Waals surface area contributed by atoms with Crippen molar-refractivity contribution in [3.05, 3.63) is 77.1 Å². The molecule has 3 rings (SSSR count). The first-order valence-corrected chi connectivity index (χ1v) is 8.06. The summed E-state index contributed by atoms with van der Waals surface area (Å²) in [6.07, 6.45) is 0. The highest BCUT2D eigenvalue weighted by molar-refractivity contribution is 6.30. The maximum atomic E-state index is 15.1. The molecule has 3 aromatic rings. The Morgan fingerprint density at radius 2 is 1.80 bits per heavy atom. The Balaban J connectivity index is 1.93. The van der Waals surface area contributed by atoms with Crippen LogP contribution in [-0.2, 0) is 6.61 Å². The van der Waals surface area contributed by atoms with Gasteiger partial charge in [-0.15, -0.1) is 0 Å². The number of nitrogens with two attached hydrogens (primary N) is 1. The van der Waals surface area contributed by atoms with Crippen molar-refractivity contribution in [3.8, 4) is 22.6 Å². The van der Waals surface area contributed by atoms with Crippen LogP contribution in [0, 0.1) is 5.82 Å². The van der Waals surface area contributed by atoms with Crippen molar-refractivity contribution in [2.75, 3.05) is 12.8 Å². The average Bonchev–Trinajstić information content (AvgIpc) is 2.61. The molecule has 128 valence electrons. The Morgan fingerprint density at radius 1 is 1.04 bits per heavy atom. The topological polar surface area (TPSA) is 44.5 Å². The molecule has 0 aliphatic carbocycles. The van der Waals surface area contributed by atoms with Gasteiger partial charge >= 0.3 is 0 Å². The van der Waals surface area contributed by atoms with Crippen LogP contribution in [0.1, 0.15) is 5.56 Å². The average molecular weight is 358 g/mol. The summed E-state index contributed by atoms with van der Waals surface area (Å²) in [5, 5.41) is 0.530. The second-order valence-corrected chi connectivity index (χ2v) is 5.92. The van der Waals surface area contributed by atoms with E-state index < -0.39 is 5.82 Å². The van der Waals surface area contributed by atoms with Crippen molar-refractivity contribution in [1.82, 2.24) is 0 Å². The van der Waals surface area contributed by atoms with Gasteiger partial charge in [-0.1, -0.05) is 23.7 Å². The van der Waals surface area contributed by atoms with Gasteiger partial charge in [0.1, 0.15) is 23.9 Å². The van der Waals surface area contributed by atoms with Gasteiger partial charge < -0.3 is 15.2 Å². The molecule has 0 atom stereocenters. The van der Waals surface area contributed by atoms with Gasteiger partial charge in [0.05, 0.1) is 12.7 Å². The normalized spacial score (nSPS) is 10.5. The first kappa shape index (κ1) is 17.1. The van der Waals surface area contributed by atoms with E-state index in [4.69, 9.17) is 26.8 Å². The van der Waals surface area contributed by atoms with E-state index in [9.17, 15) is 0 Å². The Morgan fingerprint density at radius 3 is 2.48 bits per heavy atom. The lowest BCUT2D eigenvalue weighted by molar-refractivity contribution is 0.299. The fraction of sp³-hybridized carbons (Fsp3) is 0.100. The minimum atomic E-state index is -0.392. The van der Waals surface area contributed by atoms with Crippen LogP contribution < -0.4 is 15.2 Å². The number of methoxy groups -OCH3 is 1. The van der Waals surface area contributed by atoms with Gasteiger partial charge in [0, 0.05) is 16.3 Å². The molecule has 3 aromatic carbocycles. The molecule has 0 bridgehead atoms. The molecule has 0 aliphatic heterocycles. The van der Waals surface area contributed by atoms with Gasteiger partial charge in [-0.3, -0.25) is 0 Å². The summed E-state index contributed by atoms with van der Waals surface area (Å²) >= 11 is 6.04. The van der Waals surface area contributed by atoms with Crippen LogP contribution in [0.5, 0.6) is 11.5 Å². The van der Waals surface area contributed by atoms with Gasteiger partial charge in [-0.2, -0.15) is 0 Å². The highest BCUT2D eigenvalue weighted by Crippen LogP contribution is 2.35. The van der Waals surface area contributed by atoms with Gasteiger partial charge in [-0.25, -0.2) is 4.39 Å². The highest BCUT2D eigenvalue weighted by Gasteiger charge is 2.16. The standard InChI is InChI=1S/C20H17ClFNO2/c1-24-18-10-5-14(12-25-17-8-6-16(23)7-9-17)20(22)19(18)13-3-2-4-15(21)11-13/h2-11H,12,23H2,1H3. The lowest BCUT2D eigenvalue weighted by atomic mass is 10.0. The zero-order valence-electron chi connectivity index (χ0n) is 13.6. The van der Waals surface area contributed by atoms with Crippen molar-refractivity contribution >= 4 is 17.3 Å². The summed E-state index contributed by atoms with van der Waals surface area (Å²) in [5.41, 5.74) is 7.73. The van der Waals surface area contributed by atoms with Crippen LogP contribution in [0.25, 0.3) is 11.1 Å². The number of halogens is 2. The number of hydrogen-bond acceptors (Lipinski definition) is 3. The molecule has 0 unspecified atom stereocenters. The zero-order chi connectivity index (χ0) is 17.8. The molecular weight excluding hydrogens is 341 g/mol. The molecule has 0 radical (unpaired) electrons. The summed E-state index contributed by atoms with van der Waals surface area (Å²) in [6.45, 7) is 0.0906. The zero-order valence-corrected chi connectivity index (χ0v) is 14.4. The molecule has 2 N–H and O–H groups in total. The molecule has 3 nitrogen and oxygen atoms in total. The number of benzene rings is 3. The molecule has 0 saturated carbocycles. The Labute approximate surface area is 150 Å². The van der Waals surface area contributed by atoms with Gasteiger partial charge in [0.25, 0.3) is 0 Å². The van der Waals surface area contributed by atoms with E-state index >= 15 is 4.39 Å². The Kier molecular flexibility index (Phi) is 5.10. The second-order valence-electron chi connectivity index (χ2n) is 5.48. The van der Waals surface area contributed by atoms with Crippen LogP contribution in [0.4, 0.5) is 10.1 Å². The van der Waals surface area contributed by atoms with E-state index in [2.05, 4.69) is 0 Å². The Bertz CT molecular complexity index is 881. The van der Waals surface area contributed by atoms with Crippen LogP contribution >= 0.6 is 11.6 Å². The lowest BCUT2D eigenvalue weighted by Crippen LogP contribution is -2.02. The maximum Gasteiger partial charge on any atom is 0.141 e. The third-order valence-electron chi connectivity index (χ3n) is 3.79. The predicted octanol–water partition coefficient (Wildman–Crippen LogP) is 5.32. The van der Waals surface area contributed by atoms with Crippen molar-refractivity contribution in [2.45, 2.75) is 6.61 Å². The van der Waals surface area contributed by atoms with Gasteiger partial charge in [0.15, 0.2) is 0 Å². The number of ether oxygens (including phenoxy) is 2. The summed E-state index contributed by atoms with van der Waals surface area (Å²) in [4.78, 5) is 0. The van der Waals surface area contributed by atoms with Crippen LogP contribution in [0.15, 0.2) is 60.7 Å². The van der Waals surface area contributed by atoms with Crippen LogP contribution in [0.3, 0.4) is 0 Å². The van der Waals surface area contributed by atoms with E-state index in [1.54, 1.807) is 60.7 Å². The van der Waals surface area contributed by atoms with Crippen LogP contribution in [-0.4, -0.2) is 7.11 Å². The third-order valence-corrected chi connectivity index (χ3v) is 4.03. The van der Waals surface area contributed by atoms with Gasteiger partial charge in [0.2, 0.25) is 0 Å². The number of rotatable bonds is 5. The monoisotopic (exact) mass is 357 g/mol. The minimum absolute atomic E-state index is 0.0906. The summed E-state index contributed by atoms with van der Waals surface area (Å²) in [5.74, 6) is 0.668. The largest absolute Gasteiger partial charge is 0.496 e. The third kappa shape index (κ3) is 3.86. The molecule has 0 spiro atoms. The second kappa shape index (κ2) is 7.45. The summed E-state index contributed by atoms with van der Waals surface area (Å²) in [6, 6.07) is 17.3. The fourth-order valence-electron chi connectivity index (χ4n) is 2.52. The summed E-state index contributed by atoms with van der Waals surface area (Å²) in [7, 11) is 1.51. The summed E-state index contributed by atoms with van der Waals surface area (Å²) < 4.78 is 26.0. The maximum absolute atomic E-state index is 15.1.